The van der Waals surface area contributed by atoms with E-state index in [0.717, 1.165) is 0 Å². The molecule has 1 aromatic rings. The fourth-order valence-electron chi connectivity index (χ4n) is 1.23. The van der Waals surface area contributed by atoms with Gasteiger partial charge in [-0.05, 0) is 31.6 Å². The Hall–Kier alpha value is -1.90. The molecule has 1 aromatic carbocycles. The standard InChI is InChI=1S/C13H14O3/c1-4-9(2)12(14)10-5-7-11(8-6-10)13(15)16-3/h4-8H,1-3H3/b9-4+. The number of hydrogen-bond donors (Lipinski definition) is 0. The number of esters is 1. The van der Waals surface area contributed by atoms with Crippen LogP contribution in [0.4, 0.5) is 0 Å². The second kappa shape index (κ2) is 5.26. The molecule has 0 aromatic heterocycles. The van der Waals surface area contributed by atoms with Gasteiger partial charge in [-0.3, -0.25) is 4.79 Å². The Balaban J connectivity index is 2.95. The van der Waals surface area contributed by atoms with Gasteiger partial charge in [-0.2, -0.15) is 0 Å². The van der Waals surface area contributed by atoms with Crippen LogP contribution in [0.2, 0.25) is 0 Å². The number of ketones is 1. The predicted octanol–water partition coefficient (Wildman–Crippen LogP) is 2.62. The van der Waals surface area contributed by atoms with E-state index in [9.17, 15) is 9.59 Å². The van der Waals surface area contributed by atoms with Crippen molar-refractivity contribution in [3.05, 3.63) is 47.0 Å². The Morgan fingerprint density at radius 2 is 1.62 bits per heavy atom. The van der Waals surface area contributed by atoms with Crippen molar-refractivity contribution in [3.63, 3.8) is 0 Å². The largest absolute Gasteiger partial charge is 0.465 e. The van der Waals surface area contributed by atoms with Crippen molar-refractivity contribution in [3.8, 4) is 0 Å². The van der Waals surface area contributed by atoms with Crippen LogP contribution in [-0.4, -0.2) is 18.9 Å². The van der Waals surface area contributed by atoms with Gasteiger partial charge in [0.2, 0.25) is 0 Å². The topological polar surface area (TPSA) is 43.4 Å². The van der Waals surface area contributed by atoms with Gasteiger partial charge in [0.25, 0.3) is 0 Å². The fourth-order valence-corrected chi connectivity index (χ4v) is 1.23. The van der Waals surface area contributed by atoms with Crippen molar-refractivity contribution in [1.82, 2.24) is 0 Å². The van der Waals surface area contributed by atoms with Gasteiger partial charge in [0.05, 0.1) is 12.7 Å². The first-order valence-electron chi connectivity index (χ1n) is 4.96. The molecule has 0 saturated heterocycles. The van der Waals surface area contributed by atoms with Crippen molar-refractivity contribution in [2.24, 2.45) is 0 Å². The Morgan fingerprint density at radius 3 is 2.06 bits per heavy atom. The zero-order valence-corrected chi connectivity index (χ0v) is 9.61. The SMILES string of the molecule is C/C=C(\C)C(=O)c1ccc(C(=O)OC)cc1. The number of ether oxygens (including phenoxy) is 1. The minimum atomic E-state index is -0.401. The van der Waals surface area contributed by atoms with Gasteiger partial charge < -0.3 is 4.74 Å². The molecule has 0 heterocycles. The summed E-state index contributed by atoms with van der Waals surface area (Å²) in [6, 6.07) is 6.42. The van der Waals surface area contributed by atoms with Crippen LogP contribution in [0.15, 0.2) is 35.9 Å². The molecule has 0 saturated carbocycles. The predicted molar refractivity (Wildman–Crippen MR) is 61.5 cm³/mol. The summed E-state index contributed by atoms with van der Waals surface area (Å²) in [5, 5.41) is 0. The molecule has 0 bridgehead atoms. The highest BCUT2D eigenvalue weighted by molar-refractivity contribution is 6.08. The van der Waals surface area contributed by atoms with Gasteiger partial charge in [-0.25, -0.2) is 4.79 Å². The Bertz CT molecular complexity index is 427. The summed E-state index contributed by atoms with van der Waals surface area (Å²) in [6.07, 6.45) is 1.76. The van der Waals surface area contributed by atoms with Crippen molar-refractivity contribution in [1.29, 1.82) is 0 Å². The number of carbonyl (C=O) groups is 2. The number of allylic oxidation sites excluding steroid dienone is 2. The quantitative estimate of drug-likeness (QED) is 0.445. The van der Waals surface area contributed by atoms with E-state index in [1.807, 2.05) is 6.92 Å². The molecule has 0 fully saturated rings. The Labute approximate surface area is 94.7 Å². The molecular formula is C13H14O3. The van der Waals surface area contributed by atoms with Gasteiger partial charge in [-0.1, -0.05) is 18.2 Å². The lowest BCUT2D eigenvalue weighted by molar-refractivity contribution is 0.0600. The maximum absolute atomic E-state index is 11.7. The molecule has 0 unspecified atom stereocenters. The normalized spacial score (nSPS) is 11.1. The summed E-state index contributed by atoms with van der Waals surface area (Å²) in [5.74, 6) is -0.430. The lowest BCUT2D eigenvalue weighted by atomic mass is 10.0. The van der Waals surface area contributed by atoms with E-state index in [1.54, 1.807) is 37.3 Å². The summed E-state index contributed by atoms with van der Waals surface area (Å²) in [7, 11) is 1.32. The van der Waals surface area contributed by atoms with E-state index in [-0.39, 0.29) is 5.78 Å². The molecule has 0 radical (unpaired) electrons. The van der Waals surface area contributed by atoms with E-state index < -0.39 is 5.97 Å². The first kappa shape index (κ1) is 12.2. The number of carbonyl (C=O) groups excluding carboxylic acids is 2. The van der Waals surface area contributed by atoms with Crippen LogP contribution in [0.5, 0.6) is 0 Å². The summed E-state index contributed by atoms with van der Waals surface area (Å²) in [5.41, 5.74) is 1.70. The summed E-state index contributed by atoms with van der Waals surface area (Å²) in [4.78, 5) is 22.9. The van der Waals surface area contributed by atoms with Crippen LogP contribution in [0, 0.1) is 0 Å². The van der Waals surface area contributed by atoms with Crippen molar-refractivity contribution in [2.45, 2.75) is 13.8 Å². The van der Waals surface area contributed by atoms with Gasteiger partial charge in [0.1, 0.15) is 0 Å². The zero-order valence-electron chi connectivity index (χ0n) is 9.61. The molecule has 0 spiro atoms. The van der Waals surface area contributed by atoms with Crippen LogP contribution in [0.25, 0.3) is 0 Å². The Morgan fingerprint density at radius 1 is 1.12 bits per heavy atom. The molecular weight excluding hydrogens is 204 g/mol. The number of hydrogen-bond acceptors (Lipinski definition) is 3. The second-order valence-corrected chi connectivity index (χ2v) is 3.37. The van der Waals surface area contributed by atoms with Gasteiger partial charge >= 0.3 is 5.97 Å². The first-order chi connectivity index (χ1) is 7.60. The maximum Gasteiger partial charge on any atom is 0.337 e. The summed E-state index contributed by atoms with van der Waals surface area (Å²) < 4.78 is 4.57. The fraction of sp³-hybridized carbons (Fsp3) is 0.231. The third-order valence-corrected chi connectivity index (χ3v) is 2.36. The highest BCUT2D eigenvalue weighted by atomic mass is 16.5. The maximum atomic E-state index is 11.7. The second-order valence-electron chi connectivity index (χ2n) is 3.37. The Kier molecular flexibility index (Phi) is 4.00. The molecule has 0 aliphatic rings. The van der Waals surface area contributed by atoms with E-state index in [2.05, 4.69) is 4.74 Å². The third kappa shape index (κ3) is 2.57. The summed E-state index contributed by atoms with van der Waals surface area (Å²) >= 11 is 0. The van der Waals surface area contributed by atoms with Gasteiger partial charge in [0, 0.05) is 5.56 Å². The molecule has 3 heteroatoms. The van der Waals surface area contributed by atoms with Gasteiger partial charge in [0.15, 0.2) is 5.78 Å². The first-order valence-corrected chi connectivity index (χ1v) is 4.96. The van der Waals surface area contributed by atoms with E-state index in [1.165, 1.54) is 7.11 Å². The van der Waals surface area contributed by atoms with Crippen LogP contribution in [0.3, 0.4) is 0 Å². The lowest BCUT2D eigenvalue weighted by Gasteiger charge is -2.02. The molecule has 1 rings (SSSR count). The number of methoxy groups -OCH3 is 1. The van der Waals surface area contributed by atoms with Gasteiger partial charge in [-0.15, -0.1) is 0 Å². The zero-order chi connectivity index (χ0) is 12.1. The molecule has 16 heavy (non-hydrogen) atoms. The van der Waals surface area contributed by atoms with E-state index in [4.69, 9.17) is 0 Å². The highest BCUT2D eigenvalue weighted by Crippen LogP contribution is 2.10. The minimum Gasteiger partial charge on any atom is -0.465 e. The molecule has 0 aliphatic carbocycles. The molecule has 3 nitrogen and oxygen atoms in total. The third-order valence-electron chi connectivity index (χ3n) is 2.36. The minimum absolute atomic E-state index is 0.0288. The van der Waals surface area contributed by atoms with E-state index in [0.29, 0.717) is 16.7 Å². The molecule has 84 valence electrons. The molecule has 0 aliphatic heterocycles. The lowest BCUT2D eigenvalue weighted by Crippen LogP contribution is -2.04. The van der Waals surface area contributed by atoms with E-state index >= 15 is 0 Å². The van der Waals surface area contributed by atoms with Crippen molar-refractivity contribution in [2.75, 3.05) is 7.11 Å². The molecule has 0 amide bonds. The van der Waals surface area contributed by atoms with Crippen LogP contribution in [-0.2, 0) is 4.74 Å². The number of benzene rings is 1. The number of rotatable bonds is 3. The smallest absolute Gasteiger partial charge is 0.337 e. The van der Waals surface area contributed by atoms with Crippen molar-refractivity contribution < 1.29 is 14.3 Å². The average molecular weight is 218 g/mol. The summed E-state index contributed by atoms with van der Waals surface area (Å²) in [6.45, 7) is 3.58. The van der Waals surface area contributed by atoms with Crippen molar-refractivity contribution >= 4 is 11.8 Å². The average Bonchev–Trinajstić information content (AvgIpc) is 2.36. The van der Waals surface area contributed by atoms with Crippen LogP contribution < -0.4 is 0 Å². The molecule has 0 atom stereocenters. The highest BCUT2D eigenvalue weighted by Gasteiger charge is 2.09. The van der Waals surface area contributed by atoms with Crippen LogP contribution >= 0.6 is 0 Å². The monoisotopic (exact) mass is 218 g/mol. The van der Waals surface area contributed by atoms with Crippen LogP contribution in [0.1, 0.15) is 34.6 Å². The molecule has 0 N–H and O–H groups in total. The number of Topliss-reactive ketones (excluding diaryl/α,β-unsaturated/α-hetero) is 1.